The molecule has 0 radical (unpaired) electrons. The monoisotopic (exact) mass is 391 g/mol. The van der Waals surface area contributed by atoms with Crippen LogP contribution in [0.5, 0.6) is 5.75 Å². The second-order valence-corrected chi connectivity index (χ2v) is 7.41. The third-order valence-corrected chi connectivity index (χ3v) is 5.24. The molecule has 1 aromatic carbocycles. The Bertz CT molecular complexity index is 1040. The van der Waals surface area contributed by atoms with E-state index in [2.05, 4.69) is 29.0 Å². The molecule has 4 rings (SSSR count). The van der Waals surface area contributed by atoms with Crippen LogP contribution in [0.1, 0.15) is 35.7 Å². The van der Waals surface area contributed by atoms with E-state index in [0.29, 0.717) is 22.9 Å². The molecule has 1 aliphatic rings. The van der Waals surface area contributed by atoms with Crippen LogP contribution >= 0.6 is 0 Å². The molecule has 6 nitrogen and oxygen atoms in total. The number of pyridine rings is 1. The highest BCUT2D eigenvalue weighted by Crippen LogP contribution is 2.38. The molecule has 0 atom stereocenters. The van der Waals surface area contributed by atoms with Gasteiger partial charge in [-0.3, -0.25) is 4.98 Å². The van der Waals surface area contributed by atoms with E-state index in [1.54, 1.807) is 24.7 Å². The highest BCUT2D eigenvalue weighted by atomic mass is 16.5. The normalized spacial score (nSPS) is 13.3. The lowest BCUT2D eigenvalue weighted by Gasteiger charge is -2.15. The van der Waals surface area contributed by atoms with Gasteiger partial charge in [0.15, 0.2) is 0 Å². The van der Waals surface area contributed by atoms with Crippen molar-refractivity contribution < 1.29 is 14.3 Å². The van der Waals surface area contributed by atoms with Crippen molar-refractivity contribution in [3.63, 3.8) is 0 Å². The topological polar surface area (TPSA) is 66.2 Å². The summed E-state index contributed by atoms with van der Waals surface area (Å²) in [5.41, 5.74) is 4.91. The third-order valence-electron chi connectivity index (χ3n) is 5.24. The maximum Gasteiger partial charge on any atom is 0.337 e. The van der Waals surface area contributed by atoms with Gasteiger partial charge in [0.2, 0.25) is 0 Å². The number of aromatic nitrogens is 3. The SMILES string of the molecule is CCc1ccc(OCC2CC2)c(-c2c(-c3cc(C(=O)OC)ccn3)ncn2C)c1. The van der Waals surface area contributed by atoms with Crippen LogP contribution in [0.3, 0.4) is 0 Å². The molecule has 0 bridgehead atoms. The van der Waals surface area contributed by atoms with Crippen LogP contribution in [0, 0.1) is 5.92 Å². The molecule has 1 saturated carbocycles. The van der Waals surface area contributed by atoms with Crippen molar-refractivity contribution >= 4 is 5.97 Å². The number of aryl methyl sites for hydroxylation is 2. The summed E-state index contributed by atoms with van der Waals surface area (Å²) in [5, 5.41) is 0. The highest BCUT2D eigenvalue weighted by molar-refractivity contribution is 5.91. The zero-order valence-corrected chi connectivity index (χ0v) is 17.0. The molecule has 0 aliphatic heterocycles. The first-order valence-electron chi connectivity index (χ1n) is 9.92. The molecular weight excluding hydrogens is 366 g/mol. The number of benzene rings is 1. The molecule has 150 valence electrons. The van der Waals surface area contributed by atoms with Crippen molar-refractivity contribution in [1.82, 2.24) is 14.5 Å². The van der Waals surface area contributed by atoms with Gasteiger partial charge in [0, 0.05) is 18.8 Å². The van der Waals surface area contributed by atoms with E-state index in [1.807, 2.05) is 17.7 Å². The van der Waals surface area contributed by atoms with Gasteiger partial charge in [-0.05, 0) is 55.0 Å². The Morgan fingerprint density at radius 1 is 1.21 bits per heavy atom. The van der Waals surface area contributed by atoms with Crippen LogP contribution in [0.15, 0.2) is 42.9 Å². The minimum Gasteiger partial charge on any atom is -0.493 e. The lowest BCUT2D eigenvalue weighted by atomic mass is 10.0. The van der Waals surface area contributed by atoms with Gasteiger partial charge in [0.25, 0.3) is 0 Å². The largest absolute Gasteiger partial charge is 0.493 e. The summed E-state index contributed by atoms with van der Waals surface area (Å²) in [5.74, 6) is 1.12. The molecule has 2 heterocycles. The van der Waals surface area contributed by atoms with E-state index in [4.69, 9.17) is 9.47 Å². The number of imidazole rings is 1. The van der Waals surface area contributed by atoms with Crippen LogP contribution in [0.25, 0.3) is 22.6 Å². The average Bonchev–Trinajstić information content (AvgIpc) is 3.51. The molecule has 6 heteroatoms. The second kappa shape index (κ2) is 8.07. The Labute approximate surface area is 170 Å². The van der Waals surface area contributed by atoms with Crippen molar-refractivity contribution in [3.05, 3.63) is 54.0 Å². The number of ether oxygens (including phenoxy) is 2. The maximum absolute atomic E-state index is 12.0. The van der Waals surface area contributed by atoms with Crippen LogP contribution in [0.2, 0.25) is 0 Å². The molecule has 0 spiro atoms. The molecule has 0 amide bonds. The number of methoxy groups -OCH3 is 1. The third kappa shape index (κ3) is 4.01. The number of esters is 1. The Balaban J connectivity index is 1.80. The first-order valence-corrected chi connectivity index (χ1v) is 9.92. The number of nitrogens with zero attached hydrogens (tertiary/aromatic N) is 3. The summed E-state index contributed by atoms with van der Waals surface area (Å²) in [6, 6.07) is 9.67. The van der Waals surface area contributed by atoms with Crippen molar-refractivity contribution in [2.24, 2.45) is 13.0 Å². The smallest absolute Gasteiger partial charge is 0.337 e. The van der Waals surface area contributed by atoms with E-state index in [1.165, 1.54) is 25.5 Å². The van der Waals surface area contributed by atoms with Gasteiger partial charge in [-0.25, -0.2) is 9.78 Å². The summed E-state index contributed by atoms with van der Waals surface area (Å²) in [7, 11) is 3.33. The summed E-state index contributed by atoms with van der Waals surface area (Å²) >= 11 is 0. The molecular formula is C23H25N3O3. The van der Waals surface area contributed by atoms with Crippen molar-refractivity contribution in [3.8, 4) is 28.4 Å². The predicted octanol–water partition coefficient (Wildman–Crippen LogP) is 4.29. The minimum atomic E-state index is -0.396. The Hall–Kier alpha value is -3.15. The number of carbonyl (C=O) groups is 1. The van der Waals surface area contributed by atoms with E-state index in [9.17, 15) is 4.79 Å². The zero-order valence-electron chi connectivity index (χ0n) is 17.0. The van der Waals surface area contributed by atoms with Crippen LogP contribution in [-0.2, 0) is 18.2 Å². The number of hydrogen-bond acceptors (Lipinski definition) is 5. The van der Waals surface area contributed by atoms with E-state index >= 15 is 0 Å². The Morgan fingerprint density at radius 3 is 2.76 bits per heavy atom. The van der Waals surface area contributed by atoms with Gasteiger partial charge in [-0.1, -0.05) is 13.0 Å². The van der Waals surface area contributed by atoms with Crippen molar-refractivity contribution in [2.75, 3.05) is 13.7 Å². The Kier molecular flexibility index (Phi) is 5.34. The molecule has 0 N–H and O–H groups in total. The Morgan fingerprint density at radius 2 is 2.03 bits per heavy atom. The fourth-order valence-corrected chi connectivity index (χ4v) is 3.34. The van der Waals surface area contributed by atoms with Gasteiger partial charge >= 0.3 is 5.97 Å². The first kappa shape index (κ1) is 19.2. The van der Waals surface area contributed by atoms with Crippen LogP contribution < -0.4 is 4.74 Å². The standard InChI is InChI=1S/C23H25N3O3/c1-4-15-7-8-20(29-13-16-5-6-16)18(11-15)22-21(25-14-26(22)2)19-12-17(9-10-24-19)23(27)28-3/h7-12,14,16H,4-6,13H2,1-3H3. The molecule has 0 unspecified atom stereocenters. The lowest BCUT2D eigenvalue weighted by Crippen LogP contribution is -2.04. The quantitative estimate of drug-likeness (QED) is 0.562. The van der Waals surface area contributed by atoms with E-state index in [-0.39, 0.29) is 0 Å². The second-order valence-electron chi connectivity index (χ2n) is 7.41. The van der Waals surface area contributed by atoms with E-state index in [0.717, 1.165) is 30.0 Å². The number of hydrogen-bond donors (Lipinski definition) is 0. The van der Waals surface area contributed by atoms with Gasteiger partial charge in [0.05, 0.1) is 37.0 Å². The van der Waals surface area contributed by atoms with Crippen molar-refractivity contribution in [1.29, 1.82) is 0 Å². The predicted molar refractivity (Wildman–Crippen MR) is 111 cm³/mol. The average molecular weight is 391 g/mol. The maximum atomic E-state index is 12.0. The fourth-order valence-electron chi connectivity index (χ4n) is 3.34. The molecule has 1 fully saturated rings. The van der Waals surface area contributed by atoms with Gasteiger partial charge < -0.3 is 14.0 Å². The van der Waals surface area contributed by atoms with Gasteiger partial charge in [0.1, 0.15) is 11.4 Å². The zero-order chi connectivity index (χ0) is 20.4. The van der Waals surface area contributed by atoms with Gasteiger partial charge in [-0.15, -0.1) is 0 Å². The number of carbonyl (C=O) groups excluding carboxylic acids is 1. The van der Waals surface area contributed by atoms with Crippen LogP contribution in [0.4, 0.5) is 0 Å². The highest BCUT2D eigenvalue weighted by Gasteiger charge is 2.24. The van der Waals surface area contributed by atoms with E-state index < -0.39 is 5.97 Å². The lowest BCUT2D eigenvalue weighted by molar-refractivity contribution is 0.0600. The number of rotatable bonds is 7. The van der Waals surface area contributed by atoms with Crippen LogP contribution in [-0.4, -0.2) is 34.2 Å². The molecule has 1 aliphatic carbocycles. The first-order chi connectivity index (χ1) is 14.1. The molecule has 29 heavy (non-hydrogen) atoms. The summed E-state index contributed by atoms with van der Waals surface area (Å²) in [4.78, 5) is 21.0. The molecule has 2 aromatic heterocycles. The fraction of sp³-hybridized carbons (Fsp3) is 0.348. The van der Waals surface area contributed by atoms with Gasteiger partial charge in [-0.2, -0.15) is 0 Å². The summed E-state index contributed by atoms with van der Waals surface area (Å²) in [6.45, 7) is 2.87. The molecule has 0 saturated heterocycles. The summed E-state index contributed by atoms with van der Waals surface area (Å²) in [6.07, 6.45) is 6.78. The molecule has 3 aromatic rings. The minimum absolute atomic E-state index is 0.396. The summed E-state index contributed by atoms with van der Waals surface area (Å²) < 4.78 is 13.0. The van der Waals surface area contributed by atoms with Crippen molar-refractivity contribution in [2.45, 2.75) is 26.2 Å².